The highest BCUT2D eigenvalue weighted by molar-refractivity contribution is 5.40. The molecule has 0 aromatic heterocycles. The highest BCUT2D eigenvalue weighted by Gasteiger charge is 2.22. The molecule has 16 heavy (non-hydrogen) atoms. The standard InChI is InChI=1S/C14H19NO/c1-6-10-12-14(9-4)16-13(8-3)11(7-2)15(12)5/h6-10H,4H2,1-3,5H3/b10-6-,11-7+,13-8+. The molecule has 0 aromatic carbocycles. The van der Waals surface area contributed by atoms with Gasteiger partial charge in [0.2, 0.25) is 0 Å². The van der Waals surface area contributed by atoms with E-state index in [1.54, 1.807) is 6.08 Å². The Morgan fingerprint density at radius 3 is 2.31 bits per heavy atom. The van der Waals surface area contributed by atoms with Gasteiger partial charge in [-0.1, -0.05) is 18.7 Å². The van der Waals surface area contributed by atoms with Gasteiger partial charge in [0.05, 0.1) is 11.4 Å². The second kappa shape index (κ2) is 5.40. The van der Waals surface area contributed by atoms with Crippen LogP contribution in [-0.4, -0.2) is 11.9 Å². The molecule has 1 aliphatic rings. The van der Waals surface area contributed by atoms with Crippen molar-refractivity contribution in [3.05, 3.63) is 59.9 Å². The molecule has 0 spiro atoms. The van der Waals surface area contributed by atoms with E-state index in [1.165, 1.54) is 0 Å². The van der Waals surface area contributed by atoms with Gasteiger partial charge < -0.3 is 9.64 Å². The van der Waals surface area contributed by atoms with Crippen molar-refractivity contribution in [3.63, 3.8) is 0 Å². The van der Waals surface area contributed by atoms with E-state index >= 15 is 0 Å². The highest BCUT2D eigenvalue weighted by Crippen LogP contribution is 2.31. The summed E-state index contributed by atoms with van der Waals surface area (Å²) < 4.78 is 5.79. The van der Waals surface area contributed by atoms with Crippen molar-refractivity contribution in [2.45, 2.75) is 20.8 Å². The van der Waals surface area contributed by atoms with Gasteiger partial charge in [-0.15, -0.1) is 0 Å². The Morgan fingerprint density at radius 1 is 1.19 bits per heavy atom. The molecule has 0 amide bonds. The number of ether oxygens (including phenoxy) is 1. The van der Waals surface area contributed by atoms with Gasteiger partial charge in [-0.2, -0.15) is 0 Å². The molecule has 0 unspecified atom stereocenters. The molecule has 86 valence electrons. The number of rotatable bonds is 2. The lowest BCUT2D eigenvalue weighted by Crippen LogP contribution is -2.24. The summed E-state index contributed by atoms with van der Waals surface area (Å²) in [6.07, 6.45) is 9.75. The predicted molar refractivity (Wildman–Crippen MR) is 68.4 cm³/mol. The zero-order chi connectivity index (χ0) is 12.1. The number of nitrogens with zero attached hydrogens (tertiary/aromatic N) is 1. The average Bonchev–Trinajstić information content (AvgIpc) is 2.31. The summed E-state index contributed by atoms with van der Waals surface area (Å²) in [7, 11) is 2.03. The molecule has 1 heterocycles. The maximum atomic E-state index is 5.79. The fourth-order valence-corrected chi connectivity index (χ4v) is 1.72. The quantitative estimate of drug-likeness (QED) is 0.698. The Labute approximate surface area is 97.9 Å². The second-order valence-corrected chi connectivity index (χ2v) is 3.44. The van der Waals surface area contributed by atoms with Crippen LogP contribution in [0, 0.1) is 0 Å². The van der Waals surface area contributed by atoms with Crippen molar-refractivity contribution >= 4 is 0 Å². The van der Waals surface area contributed by atoms with E-state index in [0.29, 0.717) is 0 Å². The molecule has 0 aromatic rings. The SMILES string of the molecule is C=CC1=C(/C=C\C)N(C)C(=C/C)/C(=C\C)O1. The monoisotopic (exact) mass is 217 g/mol. The van der Waals surface area contributed by atoms with Crippen molar-refractivity contribution in [2.24, 2.45) is 0 Å². The van der Waals surface area contributed by atoms with Crippen LogP contribution in [0.25, 0.3) is 0 Å². The number of hydrogen-bond donors (Lipinski definition) is 0. The minimum absolute atomic E-state index is 0.791. The van der Waals surface area contributed by atoms with Crippen LogP contribution in [0.4, 0.5) is 0 Å². The van der Waals surface area contributed by atoms with Gasteiger partial charge in [-0.05, 0) is 39.0 Å². The number of hydrogen-bond acceptors (Lipinski definition) is 2. The molecule has 2 nitrogen and oxygen atoms in total. The molecule has 0 N–H and O–H groups in total. The Hall–Kier alpha value is -1.70. The molecule has 1 rings (SSSR count). The van der Waals surface area contributed by atoms with Crippen LogP contribution in [0.3, 0.4) is 0 Å². The smallest absolute Gasteiger partial charge is 0.150 e. The highest BCUT2D eigenvalue weighted by atomic mass is 16.5. The molecule has 0 fully saturated rings. The topological polar surface area (TPSA) is 12.5 Å². The largest absolute Gasteiger partial charge is 0.453 e. The van der Waals surface area contributed by atoms with Crippen LogP contribution in [0.5, 0.6) is 0 Å². The average molecular weight is 217 g/mol. The Morgan fingerprint density at radius 2 is 1.88 bits per heavy atom. The predicted octanol–water partition coefficient (Wildman–Crippen LogP) is 3.73. The molecular weight excluding hydrogens is 198 g/mol. The van der Waals surface area contributed by atoms with Gasteiger partial charge in [0.1, 0.15) is 5.76 Å². The van der Waals surface area contributed by atoms with Crippen LogP contribution >= 0.6 is 0 Å². The van der Waals surface area contributed by atoms with Gasteiger partial charge in [0, 0.05) is 7.05 Å². The van der Waals surface area contributed by atoms with Crippen molar-refractivity contribution < 1.29 is 4.74 Å². The first kappa shape index (κ1) is 12.4. The Bertz CT molecular complexity index is 397. The van der Waals surface area contributed by atoms with Crippen molar-refractivity contribution in [1.29, 1.82) is 0 Å². The van der Waals surface area contributed by atoms with Crippen LogP contribution in [-0.2, 0) is 4.74 Å². The molecule has 0 saturated heterocycles. The third kappa shape index (κ3) is 2.11. The summed E-state index contributed by atoms with van der Waals surface area (Å²) >= 11 is 0. The van der Waals surface area contributed by atoms with Crippen molar-refractivity contribution in [3.8, 4) is 0 Å². The van der Waals surface area contributed by atoms with Gasteiger partial charge in [-0.3, -0.25) is 0 Å². The van der Waals surface area contributed by atoms with E-state index in [9.17, 15) is 0 Å². The third-order valence-corrected chi connectivity index (χ3v) is 2.49. The normalized spacial score (nSPS) is 22.1. The van der Waals surface area contributed by atoms with E-state index in [4.69, 9.17) is 4.74 Å². The molecular formula is C14H19NO. The van der Waals surface area contributed by atoms with Crippen LogP contribution in [0.15, 0.2) is 59.9 Å². The van der Waals surface area contributed by atoms with E-state index in [1.807, 2.05) is 52.1 Å². The molecule has 0 atom stereocenters. The summed E-state index contributed by atoms with van der Waals surface area (Å²) in [5.41, 5.74) is 2.09. The first-order chi connectivity index (χ1) is 7.69. The lowest BCUT2D eigenvalue weighted by atomic mass is 10.2. The van der Waals surface area contributed by atoms with Gasteiger partial charge in [0.15, 0.2) is 5.76 Å². The Kier molecular flexibility index (Phi) is 4.18. The summed E-state index contributed by atoms with van der Waals surface area (Å²) in [6, 6.07) is 0. The summed E-state index contributed by atoms with van der Waals surface area (Å²) in [5.74, 6) is 1.66. The van der Waals surface area contributed by atoms with Gasteiger partial charge >= 0.3 is 0 Å². The van der Waals surface area contributed by atoms with Crippen LogP contribution in [0.2, 0.25) is 0 Å². The van der Waals surface area contributed by atoms with Crippen LogP contribution in [0.1, 0.15) is 20.8 Å². The third-order valence-electron chi connectivity index (χ3n) is 2.49. The van der Waals surface area contributed by atoms with E-state index < -0.39 is 0 Å². The second-order valence-electron chi connectivity index (χ2n) is 3.44. The van der Waals surface area contributed by atoms with E-state index in [2.05, 4.69) is 11.5 Å². The zero-order valence-electron chi connectivity index (χ0n) is 10.4. The fourth-order valence-electron chi connectivity index (χ4n) is 1.72. The molecule has 2 heteroatoms. The first-order valence-corrected chi connectivity index (χ1v) is 5.43. The molecule has 0 radical (unpaired) electrons. The molecule has 0 aliphatic carbocycles. The van der Waals surface area contributed by atoms with Crippen molar-refractivity contribution in [2.75, 3.05) is 7.05 Å². The molecule has 1 aliphatic heterocycles. The first-order valence-electron chi connectivity index (χ1n) is 5.43. The summed E-state index contributed by atoms with van der Waals surface area (Å²) in [5, 5.41) is 0. The van der Waals surface area contributed by atoms with Crippen LogP contribution < -0.4 is 0 Å². The zero-order valence-corrected chi connectivity index (χ0v) is 10.4. The fraction of sp³-hybridized carbons (Fsp3) is 0.286. The maximum Gasteiger partial charge on any atom is 0.150 e. The molecule has 0 bridgehead atoms. The van der Waals surface area contributed by atoms with E-state index in [0.717, 1.165) is 22.9 Å². The minimum atomic E-state index is 0.791. The van der Waals surface area contributed by atoms with Gasteiger partial charge in [0.25, 0.3) is 0 Å². The van der Waals surface area contributed by atoms with Crippen molar-refractivity contribution in [1.82, 2.24) is 4.90 Å². The number of allylic oxidation sites excluding steroid dienone is 5. The number of likely N-dealkylation sites (N-methyl/N-ethyl adjacent to an activating group) is 1. The summed E-state index contributed by atoms with van der Waals surface area (Å²) in [6.45, 7) is 9.74. The molecule has 0 saturated carbocycles. The lowest BCUT2D eigenvalue weighted by molar-refractivity contribution is 0.264. The van der Waals surface area contributed by atoms with E-state index in [-0.39, 0.29) is 0 Å². The van der Waals surface area contributed by atoms with Gasteiger partial charge in [-0.25, -0.2) is 0 Å². The maximum absolute atomic E-state index is 5.79. The minimum Gasteiger partial charge on any atom is -0.453 e. The Balaban J connectivity index is 3.32. The lowest BCUT2D eigenvalue weighted by Gasteiger charge is -2.32. The summed E-state index contributed by atoms with van der Waals surface area (Å²) in [4.78, 5) is 2.11.